The number of likely N-dealkylation sites (tertiary alicyclic amines) is 1. The molecule has 0 radical (unpaired) electrons. The molecule has 1 saturated heterocycles. The molecular weight excluding hydrogens is 476 g/mol. The fraction of sp³-hybridized carbons (Fsp3) is 0.969. The van der Waals surface area contributed by atoms with Crippen molar-refractivity contribution in [3.8, 4) is 0 Å². The number of carbonyl (C=O) groups excluding carboxylic acids is 1. The maximum Gasteiger partial charge on any atom is 0.305 e. The van der Waals surface area contributed by atoms with Gasteiger partial charge in [0, 0.05) is 19.5 Å². The van der Waals surface area contributed by atoms with Gasteiger partial charge in [-0.1, -0.05) is 84.5 Å². The van der Waals surface area contributed by atoms with Gasteiger partial charge >= 0.3 is 5.97 Å². The van der Waals surface area contributed by atoms with Crippen LogP contribution in [-0.4, -0.2) is 82.2 Å². The molecule has 1 aliphatic rings. The number of esters is 1. The number of hydrogen-bond donors (Lipinski definition) is 0. The first-order valence-electron chi connectivity index (χ1n) is 16.3. The summed E-state index contributed by atoms with van der Waals surface area (Å²) in [6.45, 7) is 10.7. The van der Waals surface area contributed by atoms with Gasteiger partial charge in [-0.3, -0.25) is 4.79 Å². The molecule has 0 aromatic heterocycles. The molecule has 0 unspecified atom stereocenters. The van der Waals surface area contributed by atoms with Gasteiger partial charge in [0.15, 0.2) is 0 Å². The Bertz CT molecular complexity index is 522. The Balaban J connectivity index is 1.93. The van der Waals surface area contributed by atoms with E-state index in [-0.39, 0.29) is 5.97 Å². The van der Waals surface area contributed by atoms with Crippen LogP contribution in [0.2, 0.25) is 0 Å². The number of nitrogens with zero attached hydrogens (tertiary/aromatic N) is 2. The highest BCUT2D eigenvalue weighted by Gasteiger charge is 2.22. The second-order valence-electron chi connectivity index (χ2n) is 11.8. The molecule has 1 heterocycles. The zero-order valence-electron chi connectivity index (χ0n) is 25.9. The van der Waals surface area contributed by atoms with Gasteiger partial charge in [-0.25, -0.2) is 0 Å². The minimum absolute atomic E-state index is 0.00306. The Morgan fingerprint density at radius 1 is 0.842 bits per heavy atom. The summed E-state index contributed by atoms with van der Waals surface area (Å²) >= 11 is 0. The first-order valence-corrected chi connectivity index (χ1v) is 16.3. The largest absolute Gasteiger partial charge is 0.466 e. The minimum Gasteiger partial charge on any atom is -0.466 e. The molecule has 226 valence electrons. The van der Waals surface area contributed by atoms with Crippen molar-refractivity contribution in [2.24, 2.45) is 5.92 Å². The normalized spacial score (nSPS) is 16.2. The molecule has 1 rings (SSSR count). The average Bonchev–Trinajstić information content (AvgIpc) is 3.35. The van der Waals surface area contributed by atoms with Gasteiger partial charge in [0.05, 0.1) is 19.3 Å². The third-order valence-corrected chi connectivity index (χ3v) is 7.82. The fourth-order valence-corrected chi connectivity index (χ4v) is 5.39. The molecule has 6 heteroatoms. The summed E-state index contributed by atoms with van der Waals surface area (Å²) in [4.78, 5) is 16.8. The molecule has 0 amide bonds. The van der Waals surface area contributed by atoms with Crippen LogP contribution < -0.4 is 0 Å². The molecule has 0 aromatic carbocycles. The lowest BCUT2D eigenvalue weighted by Gasteiger charge is -2.17. The summed E-state index contributed by atoms with van der Waals surface area (Å²) in [5.41, 5.74) is 0. The van der Waals surface area contributed by atoms with Crippen molar-refractivity contribution in [2.45, 2.75) is 136 Å². The number of ether oxygens (including phenoxy) is 3. The van der Waals surface area contributed by atoms with Crippen LogP contribution in [0.25, 0.3) is 0 Å². The van der Waals surface area contributed by atoms with Crippen LogP contribution in [0.5, 0.6) is 0 Å². The Hall–Kier alpha value is -0.690. The van der Waals surface area contributed by atoms with Gasteiger partial charge in [-0.05, 0) is 71.6 Å². The topological polar surface area (TPSA) is 51.2 Å². The molecule has 1 aliphatic heterocycles. The first-order chi connectivity index (χ1) is 18.5. The molecule has 0 N–H and O–H groups in total. The molecule has 6 nitrogen and oxygen atoms in total. The summed E-state index contributed by atoms with van der Waals surface area (Å²) in [5.74, 6) is 0.825. The maximum absolute atomic E-state index is 12.1. The Kier molecular flexibility index (Phi) is 23.5. The highest BCUT2D eigenvalue weighted by atomic mass is 16.7. The number of hydrogen-bond acceptors (Lipinski definition) is 6. The van der Waals surface area contributed by atoms with Crippen LogP contribution in [0, 0.1) is 5.92 Å². The van der Waals surface area contributed by atoms with Crippen molar-refractivity contribution in [3.05, 3.63) is 0 Å². The average molecular weight is 541 g/mol. The monoisotopic (exact) mass is 540 g/mol. The third-order valence-electron chi connectivity index (χ3n) is 7.82. The highest BCUT2D eigenvalue weighted by Crippen LogP contribution is 2.22. The number of rotatable bonds is 27. The van der Waals surface area contributed by atoms with E-state index in [1.165, 1.54) is 77.0 Å². The van der Waals surface area contributed by atoms with Gasteiger partial charge in [-0.15, -0.1) is 0 Å². The van der Waals surface area contributed by atoms with E-state index >= 15 is 0 Å². The lowest BCUT2D eigenvalue weighted by molar-refractivity contribution is -0.144. The van der Waals surface area contributed by atoms with Crippen molar-refractivity contribution in [1.82, 2.24) is 9.80 Å². The fourth-order valence-electron chi connectivity index (χ4n) is 5.39. The standard InChI is InChI=1S/C32H64N2O4/c1-5-7-12-18-30(19-13-8-6-2)20-16-27-37-32(35)21-14-10-9-11-15-24-34-25-22-31(28-34)38-29-36-26-17-23-33(3)4/h30-31H,5-29H2,1-4H3/t31-/m1/s1. The molecule has 1 fully saturated rings. The van der Waals surface area contributed by atoms with Gasteiger partial charge < -0.3 is 24.0 Å². The molecule has 38 heavy (non-hydrogen) atoms. The van der Waals surface area contributed by atoms with E-state index in [1.807, 2.05) is 0 Å². The molecule has 0 aliphatic carbocycles. The van der Waals surface area contributed by atoms with Crippen LogP contribution in [0.3, 0.4) is 0 Å². The van der Waals surface area contributed by atoms with Crippen LogP contribution in [-0.2, 0) is 19.0 Å². The van der Waals surface area contributed by atoms with E-state index < -0.39 is 0 Å². The summed E-state index contributed by atoms with van der Waals surface area (Å²) in [7, 11) is 4.17. The number of unbranched alkanes of at least 4 members (excludes halogenated alkanes) is 8. The second kappa shape index (κ2) is 25.3. The summed E-state index contributed by atoms with van der Waals surface area (Å²) in [5, 5.41) is 0. The minimum atomic E-state index is 0.00306. The van der Waals surface area contributed by atoms with Crippen molar-refractivity contribution in [1.29, 1.82) is 0 Å². The summed E-state index contributed by atoms with van der Waals surface area (Å²) in [6.07, 6.45) is 21.8. The van der Waals surface area contributed by atoms with E-state index in [1.54, 1.807) is 0 Å². The zero-order chi connectivity index (χ0) is 27.7. The van der Waals surface area contributed by atoms with Crippen molar-refractivity contribution in [2.75, 3.05) is 60.3 Å². The molecule has 0 aromatic rings. The zero-order valence-corrected chi connectivity index (χ0v) is 25.9. The van der Waals surface area contributed by atoms with E-state index in [0.717, 1.165) is 70.8 Å². The quantitative estimate of drug-likeness (QED) is 0.0613. The van der Waals surface area contributed by atoms with E-state index in [9.17, 15) is 4.79 Å². The van der Waals surface area contributed by atoms with Gasteiger partial charge in [0.2, 0.25) is 0 Å². The van der Waals surface area contributed by atoms with E-state index in [4.69, 9.17) is 14.2 Å². The Labute approximate surface area is 236 Å². The predicted molar refractivity (Wildman–Crippen MR) is 160 cm³/mol. The highest BCUT2D eigenvalue weighted by molar-refractivity contribution is 5.69. The van der Waals surface area contributed by atoms with Crippen molar-refractivity contribution in [3.63, 3.8) is 0 Å². The van der Waals surface area contributed by atoms with Gasteiger partial charge in [0.25, 0.3) is 0 Å². The predicted octanol–water partition coefficient (Wildman–Crippen LogP) is 7.44. The van der Waals surface area contributed by atoms with Crippen LogP contribution in [0.15, 0.2) is 0 Å². The van der Waals surface area contributed by atoms with Crippen LogP contribution >= 0.6 is 0 Å². The van der Waals surface area contributed by atoms with Crippen molar-refractivity contribution < 1.29 is 19.0 Å². The summed E-state index contributed by atoms with van der Waals surface area (Å²) in [6, 6.07) is 0. The lowest BCUT2D eigenvalue weighted by Crippen LogP contribution is -2.25. The second-order valence-corrected chi connectivity index (χ2v) is 11.8. The summed E-state index contributed by atoms with van der Waals surface area (Å²) < 4.78 is 17.0. The molecule has 0 bridgehead atoms. The van der Waals surface area contributed by atoms with Crippen LogP contribution in [0.1, 0.15) is 129 Å². The molecular formula is C32H64N2O4. The maximum atomic E-state index is 12.1. The van der Waals surface area contributed by atoms with Crippen LogP contribution in [0.4, 0.5) is 0 Å². The third kappa shape index (κ3) is 21.2. The van der Waals surface area contributed by atoms with Gasteiger partial charge in [-0.2, -0.15) is 0 Å². The molecule has 0 spiro atoms. The SMILES string of the molecule is CCCCCC(CCCCC)CCCOC(=O)CCCCCCCN1CC[C@@H](OCOCCCN(C)C)C1. The number of carbonyl (C=O) groups is 1. The Morgan fingerprint density at radius 3 is 2.24 bits per heavy atom. The molecule has 0 saturated carbocycles. The lowest BCUT2D eigenvalue weighted by atomic mass is 9.91. The van der Waals surface area contributed by atoms with E-state index in [0.29, 0.717) is 25.9 Å². The first kappa shape index (κ1) is 35.3. The van der Waals surface area contributed by atoms with E-state index in [2.05, 4.69) is 37.7 Å². The smallest absolute Gasteiger partial charge is 0.305 e. The molecule has 1 atom stereocenters. The Morgan fingerprint density at radius 2 is 1.53 bits per heavy atom. The van der Waals surface area contributed by atoms with Gasteiger partial charge in [0.1, 0.15) is 6.79 Å². The van der Waals surface area contributed by atoms with Crippen molar-refractivity contribution >= 4 is 5.97 Å².